The number of nitrogens with one attached hydrogen (secondary N) is 1. The van der Waals surface area contributed by atoms with Crippen LogP contribution in [0.4, 0.5) is 0 Å². The highest BCUT2D eigenvalue weighted by Gasteiger charge is 2.46. The number of aromatic nitrogens is 1. The molecule has 0 bridgehead atoms. The van der Waals surface area contributed by atoms with E-state index in [2.05, 4.69) is 10.3 Å². The van der Waals surface area contributed by atoms with Crippen LogP contribution in [0.5, 0.6) is 0 Å². The number of carbonyl (C=O) groups is 2. The van der Waals surface area contributed by atoms with E-state index in [1.165, 1.54) is 0 Å². The summed E-state index contributed by atoms with van der Waals surface area (Å²) in [5.41, 5.74) is 0.214. The maximum Gasteiger partial charge on any atom is 0.248 e. The maximum atomic E-state index is 12.8. The summed E-state index contributed by atoms with van der Waals surface area (Å²) >= 11 is 0. The number of nitrogens with zero attached hydrogens (tertiary/aromatic N) is 2. The van der Waals surface area contributed by atoms with E-state index in [0.717, 1.165) is 31.4 Å². The summed E-state index contributed by atoms with van der Waals surface area (Å²) in [7, 11) is 0. The van der Waals surface area contributed by atoms with Gasteiger partial charge in [0.1, 0.15) is 5.54 Å². The highest BCUT2D eigenvalue weighted by atomic mass is 16.2. The van der Waals surface area contributed by atoms with E-state index in [0.29, 0.717) is 19.5 Å². The molecule has 1 aromatic rings. The van der Waals surface area contributed by atoms with E-state index in [9.17, 15) is 9.59 Å². The molecule has 0 radical (unpaired) electrons. The van der Waals surface area contributed by atoms with E-state index >= 15 is 0 Å². The number of amides is 2. The van der Waals surface area contributed by atoms with Crippen molar-refractivity contribution in [1.82, 2.24) is 15.2 Å². The van der Waals surface area contributed by atoms with Gasteiger partial charge < -0.3 is 10.2 Å². The van der Waals surface area contributed by atoms with E-state index in [-0.39, 0.29) is 11.8 Å². The molecule has 1 N–H and O–H groups in total. The first kappa shape index (κ1) is 13.1. The Kier molecular flexibility index (Phi) is 3.42. The van der Waals surface area contributed by atoms with Crippen LogP contribution in [0.2, 0.25) is 0 Å². The highest BCUT2D eigenvalue weighted by Crippen LogP contribution is 2.33. The predicted octanol–water partition coefficient (Wildman–Crippen LogP) is 1.24. The lowest BCUT2D eigenvalue weighted by Gasteiger charge is -2.31. The number of hydrogen-bond acceptors (Lipinski definition) is 3. The Morgan fingerprint density at radius 3 is 2.75 bits per heavy atom. The number of carbonyl (C=O) groups excluding carboxylic acids is 2. The van der Waals surface area contributed by atoms with Gasteiger partial charge in [-0.1, -0.05) is 18.9 Å². The molecule has 1 aliphatic carbocycles. The second-order valence-corrected chi connectivity index (χ2v) is 5.64. The molecule has 2 amide bonds. The van der Waals surface area contributed by atoms with Gasteiger partial charge >= 0.3 is 0 Å². The zero-order chi connectivity index (χ0) is 14.0. The number of hydrogen-bond donors (Lipinski definition) is 1. The minimum Gasteiger partial charge on any atom is -0.342 e. The van der Waals surface area contributed by atoms with Crippen LogP contribution in [0.3, 0.4) is 0 Å². The Morgan fingerprint density at radius 1 is 1.25 bits per heavy atom. The van der Waals surface area contributed by atoms with Crippen LogP contribution < -0.4 is 5.32 Å². The van der Waals surface area contributed by atoms with E-state index in [4.69, 9.17) is 0 Å². The smallest absolute Gasteiger partial charge is 0.248 e. The van der Waals surface area contributed by atoms with Crippen molar-refractivity contribution in [2.24, 2.45) is 0 Å². The zero-order valence-corrected chi connectivity index (χ0v) is 11.5. The van der Waals surface area contributed by atoms with Gasteiger partial charge in [0.05, 0.1) is 12.2 Å². The van der Waals surface area contributed by atoms with Crippen LogP contribution in [0.15, 0.2) is 24.4 Å². The Hall–Kier alpha value is -1.91. The van der Waals surface area contributed by atoms with E-state index in [1.807, 2.05) is 18.2 Å². The third-order valence-electron chi connectivity index (χ3n) is 4.22. The Balaban J connectivity index is 1.83. The fourth-order valence-electron chi connectivity index (χ4n) is 3.18. The summed E-state index contributed by atoms with van der Waals surface area (Å²) < 4.78 is 0. The molecule has 0 atom stereocenters. The summed E-state index contributed by atoms with van der Waals surface area (Å²) in [6.45, 7) is 0.958. The normalized spacial score (nSPS) is 21.9. The van der Waals surface area contributed by atoms with Crippen molar-refractivity contribution in [3.63, 3.8) is 0 Å². The Labute approximate surface area is 118 Å². The third kappa shape index (κ3) is 2.40. The van der Waals surface area contributed by atoms with Crippen LogP contribution in [-0.2, 0) is 16.1 Å². The first-order valence-electron chi connectivity index (χ1n) is 7.20. The summed E-state index contributed by atoms with van der Waals surface area (Å²) in [5, 5.41) is 2.97. The van der Waals surface area contributed by atoms with Crippen LogP contribution in [0.1, 0.15) is 37.8 Å². The molecule has 1 saturated heterocycles. The maximum absolute atomic E-state index is 12.8. The fraction of sp³-hybridized carbons (Fsp3) is 0.533. The molecule has 1 spiro atoms. The van der Waals surface area contributed by atoms with Crippen molar-refractivity contribution in [2.75, 3.05) is 6.54 Å². The van der Waals surface area contributed by atoms with Crippen molar-refractivity contribution >= 4 is 11.8 Å². The SMILES string of the molecule is O=C1CCN(Cc2ccccn2)C(=O)C2(CCCC2)N1. The van der Waals surface area contributed by atoms with Crippen LogP contribution in [-0.4, -0.2) is 33.8 Å². The largest absolute Gasteiger partial charge is 0.342 e. The van der Waals surface area contributed by atoms with Crippen LogP contribution in [0, 0.1) is 0 Å². The molecular formula is C15H19N3O2. The second kappa shape index (κ2) is 5.23. The topological polar surface area (TPSA) is 62.3 Å². The van der Waals surface area contributed by atoms with Gasteiger partial charge in [0, 0.05) is 19.2 Å². The number of rotatable bonds is 2. The molecule has 106 valence electrons. The average Bonchev–Trinajstić information content (AvgIpc) is 2.89. The van der Waals surface area contributed by atoms with Gasteiger partial charge in [-0.3, -0.25) is 14.6 Å². The van der Waals surface area contributed by atoms with Gasteiger partial charge in [-0.15, -0.1) is 0 Å². The molecule has 3 rings (SSSR count). The van der Waals surface area contributed by atoms with Crippen molar-refractivity contribution in [1.29, 1.82) is 0 Å². The van der Waals surface area contributed by atoms with E-state index in [1.54, 1.807) is 11.1 Å². The van der Waals surface area contributed by atoms with E-state index < -0.39 is 5.54 Å². The lowest BCUT2D eigenvalue weighted by Crippen LogP contribution is -2.55. The van der Waals surface area contributed by atoms with Crippen molar-refractivity contribution in [3.05, 3.63) is 30.1 Å². The van der Waals surface area contributed by atoms with Gasteiger partial charge in [0.25, 0.3) is 0 Å². The molecule has 1 saturated carbocycles. The molecule has 2 fully saturated rings. The molecule has 0 unspecified atom stereocenters. The summed E-state index contributed by atoms with van der Waals surface area (Å²) in [5.74, 6) is 0.0512. The van der Waals surface area contributed by atoms with Crippen LogP contribution in [0.25, 0.3) is 0 Å². The molecule has 5 nitrogen and oxygen atoms in total. The van der Waals surface area contributed by atoms with Crippen molar-refractivity contribution in [3.8, 4) is 0 Å². The molecule has 2 heterocycles. The molecule has 1 aromatic heterocycles. The molecule has 20 heavy (non-hydrogen) atoms. The lowest BCUT2D eigenvalue weighted by molar-refractivity contribution is -0.139. The minimum absolute atomic E-state index is 0.0104. The van der Waals surface area contributed by atoms with Gasteiger partial charge in [0.2, 0.25) is 11.8 Å². The highest BCUT2D eigenvalue weighted by molar-refractivity contribution is 5.93. The first-order chi connectivity index (χ1) is 9.70. The van der Waals surface area contributed by atoms with Crippen LogP contribution >= 0.6 is 0 Å². The molecule has 2 aliphatic rings. The summed E-state index contributed by atoms with van der Waals surface area (Å²) in [4.78, 5) is 30.7. The molecular weight excluding hydrogens is 254 g/mol. The van der Waals surface area contributed by atoms with Gasteiger partial charge in [-0.2, -0.15) is 0 Å². The van der Waals surface area contributed by atoms with Crippen molar-refractivity contribution in [2.45, 2.75) is 44.2 Å². The Bertz CT molecular complexity index is 509. The lowest BCUT2D eigenvalue weighted by atomic mass is 9.96. The van der Waals surface area contributed by atoms with Gasteiger partial charge in [-0.05, 0) is 25.0 Å². The van der Waals surface area contributed by atoms with Crippen molar-refractivity contribution < 1.29 is 9.59 Å². The first-order valence-corrected chi connectivity index (χ1v) is 7.20. The monoisotopic (exact) mass is 273 g/mol. The minimum atomic E-state index is -0.650. The second-order valence-electron chi connectivity index (χ2n) is 5.64. The quantitative estimate of drug-likeness (QED) is 0.882. The molecule has 0 aromatic carbocycles. The van der Waals surface area contributed by atoms with Gasteiger partial charge in [-0.25, -0.2) is 0 Å². The average molecular weight is 273 g/mol. The predicted molar refractivity (Wildman–Crippen MR) is 73.6 cm³/mol. The third-order valence-corrected chi connectivity index (χ3v) is 4.22. The summed E-state index contributed by atoms with van der Waals surface area (Å²) in [6, 6.07) is 5.69. The molecule has 5 heteroatoms. The molecule has 1 aliphatic heterocycles. The Morgan fingerprint density at radius 2 is 2.05 bits per heavy atom. The standard InChI is InChI=1S/C15H19N3O2/c19-13-6-10-18(11-12-5-1-4-9-16-12)14(20)15(17-13)7-2-3-8-15/h1,4-5,9H,2-3,6-8,10-11H2,(H,17,19). The summed E-state index contributed by atoms with van der Waals surface area (Å²) in [6.07, 6.45) is 5.63. The number of pyridine rings is 1. The van der Waals surface area contributed by atoms with Gasteiger partial charge in [0.15, 0.2) is 0 Å². The zero-order valence-electron chi connectivity index (χ0n) is 11.5. The fourth-order valence-corrected chi connectivity index (χ4v) is 3.18.